The molecule has 138 valence electrons. The highest BCUT2D eigenvalue weighted by Crippen LogP contribution is 2.29. The van der Waals surface area contributed by atoms with Crippen molar-refractivity contribution in [3.63, 3.8) is 0 Å². The molecule has 2 aromatic carbocycles. The molecule has 1 atom stereocenters. The predicted octanol–water partition coefficient (Wildman–Crippen LogP) is 4.83. The molecular weight excluding hydrogens is 372 g/mol. The van der Waals surface area contributed by atoms with Crippen LogP contribution in [0, 0.1) is 6.92 Å². The van der Waals surface area contributed by atoms with Crippen molar-refractivity contribution >= 4 is 40.2 Å². The Balaban J connectivity index is 2.08. The summed E-state index contributed by atoms with van der Waals surface area (Å²) >= 11 is 6.99. The minimum atomic E-state index is -0.711. The van der Waals surface area contributed by atoms with Gasteiger partial charge < -0.3 is 15.0 Å². The highest BCUT2D eigenvalue weighted by atomic mass is 35.5. The van der Waals surface area contributed by atoms with E-state index in [-0.39, 0.29) is 11.1 Å². The summed E-state index contributed by atoms with van der Waals surface area (Å²) in [5, 5.41) is 3.32. The maximum Gasteiger partial charge on any atom is 0.286 e. The van der Waals surface area contributed by atoms with E-state index in [0.717, 1.165) is 17.3 Å². The van der Waals surface area contributed by atoms with E-state index in [9.17, 15) is 9.59 Å². The molecule has 0 aromatic heterocycles. The number of rotatable bonds is 5. The second-order valence-electron chi connectivity index (χ2n) is 5.92. The van der Waals surface area contributed by atoms with Crippen molar-refractivity contribution in [2.45, 2.75) is 24.8 Å². The molecule has 7 heteroatoms. The maximum atomic E-state index is 12.5. The first-order valence-corrected chi connectivity index (χ1v) is 9.19. The van der Waals surface area contributed by atoms with Gasteiger partial charge in [0.1, 0.15) is 5.75 Å². The van der Waals surface area contributed by atoms with E-state index in [1.54, 1.807) is 57.4 Å². The molecule has 2 rings (SSSR count). The Labute approximate surface area is 162 Å². The van der Waals surface area contributed by atoms with Crippen LogP contribution in [0.5, 0.6) is 5.75 Å². The third kappa shape index (κ3) is 5.41. The molecule has 0 saturated heterocycles. The van der Waals surface area contributed by atoms with Gasteiger partial charge in [-0.25, -0.2) is 0 Å². The molecule has 0 saturated carbocycles. The smallest absolute Gasteiger partial charge is 0.286 e. The number of para-hydroxylation sites is 1. The topological polar surface area (TPSA) is 58.6 Å². The van der Waals surface area contributed by atoms with Crippen LogP contribution in [0.25, 0.3) is 0 Å². The van der Waals surface area contributed by atoms with Crippen LogP contribution in [0.3, 0.4) is 0 Å². The molecule has 0 spiro atoms. The largest absolute Gasteiger partial charge is 0.481 e. The third-order valence-corrected chi connectivity index (χ3v) is 4.87. The number of hydrogen-bond acceptors (Lipinski definition) is 4. The van der Waals surface area contributed by atoms with Crippen molar-refractivity contribution < 1.29 is 14.3 Å². The summed E-state index contributed by atoms with van der Waals surface area (Å²) in [5.74, 6) is 0.298. The van der Waals surface area contributed by atoms with E-state index >= 15 is 0 Å². The van der Waals surface area contributed by atoms with E-state index in [1.807, 2.05) is 13.0 Å². The zero-order valence-electron chi connectivity index (χ0n) is 15.1. The number of amides is 2. The molecule has 2 amide bonds. The zero-order valence-corrected chi connectivity index (χ0v) is 16.6. The molecular formula is C19H21ClN2O3S. The second-order valence-corrected chi connectivity index (χ2v) is 7.35. The summed E-state index contributed by atoms with van der Waals surface area (Å²) in [6.07, 6.45) is -0.711. The van der Waals surface area contributed by atoms with Crippen LogP contribution >= 0.6 is 23.4 Å². The number of carbonyl (C=O) groups excluding carboxylic acids is 2. The van der Waals surface area contributed by atoms with Gasteiger partial charge in [0.05, 0.1) is 5.69 Å². The van der Waals surface area contributed by atoms with E-state index < -0.39 is 6.10 Å². The summed E-state index contributed by atoms with van der Waals surface area (Å²) in [5.41, 5.74) is 1.42. The lowest BCUT2D eigenvalue weighted by atomic mass is 10.2. The van der Waals surface area contributed by atoms with Gasteiger partial charge in [-0.3, -0.25) is 9.59 Å². The summed E-state index contributed by atoms with van der Waals surface area (Å²) in [7, 11) is 3.36. The van der Waals surface area contributed by atoms with E-state index in [4.69, 9.17) is 16.3 Å². The molecule has 1 unspecified atom stereocenters. The first-order chi connectivity index (χ1) is 12.3. The van der Waals surface area contributed by atoms with Crippen molar-refractivity contribution in [3.05, 3.63) is 53.1 Å². The number of carbonyl (C=O) groups is 2. The number of halogens is 1. The van der Waals surface area contributed by atoms with Gasteiger partial charge in [0.2, 0.25) is 0 Å². The van der Waals surface area contributed by atoms with Crippen molar-refractivity contribution in [3.8, 4) is 5.75 Å². The highest BCUT2D eigenvalue weighted by Gasteiger charge is 2.18. The van der Waals surface area contributed by atoms with Crippen molar-refractivity contribution in [2.24, 2.45) is 0 Å². The molecule has 0 aliphatic heterocycles. The SMILES string of the molecule is Cc1cc(Cl)ccc1OC(C)C(=O)Nc1ccccc1SC(=O)N(C)C. The number of nitrogens with one attached hydrogen (secondary N) is 1. The minimum absolute atomic E-state index is 0.118. The molecule has 0 bridgehead atoms. The molecule has 0 heterocycles. The number of thioether (sulfide) groups is 1. The number of nitrogens with zero attached hydrogens (tertiary/aromatic N) is 1. The summed E-state index contributed by atoms with van der Waals surface area (Å²) < 4.78 is 5.74. The van der Waals surface area contributed by atoms with Gasteiger partial charge in [0, 0.05) is 24.0 Å². The molecule has 2 aromatic rings. The molecule has 5 nitrogen and oxygen atoms in total. The van der Waals surface area contributed by atoms with Crippen LogP contribution in [-0.4, -0.2) is 36.2 Å². The van der Waals surface area contributed by atoms with Crippen LogP contribution in [0.2, 0.25) is 5.02 Å². The molecule has 0 aliphatic rings. The third-order valence-electron chi connectivity index (χ3n) is 3.52. The average molecular weight is 393 g/mol. The Morgan fingerprint density at radius 1 is 1.19 bits per heavy atom. The standard InChI is InChI=1S/C19H21ClN2O3S/c1-12-11-14(20)9-10-16(12)25-13(2)18(23)21-15-7-5-6-8-17(15)26-19(24)22(3)4/h5-11,13H,1-4H3,(H,21,23). The lowest BCUT2D eigenvalue weighted by molar-refractivity contribution is -0.122. The maximum absolute atomic E-state index is 12.5. The number of hydrogen-bond donors (Lipinski definition) is 1. The van der Waals surface area contributed by atoms with Gasteiger partial charge in [-0.15, -0.1) is 0 Å². The van der Waals surface area contributed by atoms with Gasteiger partial charge in [-0.1, -0.05) is 23.7 Å². The predicted molar refractivity (Wildman–Crippen MR) is 106 cm³/mol. The Morgan fingerprint density at radius 3 is 2.54 bits per heavy atom. The summed E-state index contributed by atoms with van der Waals surface area (Å²) in [6, 6.07) is 12.4. The van der Waals surface area contributed by atoms with Crippen LogP contribution in [0.15, 0.2) is 47.4 Å². The first-order valence-electron chi connectivity index (χ1n) is 7.99. The summed E-state index contributed by atoms with van der Waals surface area (Å²) in [6.45, 7) is 3.54. The summed E-state index contributed by atoms with van der Waals surface area (Å²) in [4.78, 5) is 26.6. The van der Waals surface area contributed by atoms with Crippen LogP contribution in [0.4, 0.5) is 10.5 Å². The minimum Gasteiger partial charge on any atom is -0.481 e. The number of ether oxygens (including phenoxy) is 1. The zero-order chi connectivity index (χ0) is 19.3. The van der Waals surface area contributed by atoms with E-state index in [0.29, 0.717) is 21.4 Å². The first kappa shape index (κ1) is 20.1. The Hall–Kier alpha value is -2.18. The van der Waals surface area contributed by atoms with Gasteiger partial charge in [0.15, 0.2) is 6.10 Å². The van der Waals surface area contributed by atoms with Crippen LogP contribution in [0.1, 0.15) is 12.5 Å². The second kappa shape index (κ2) is 8.96. The Morgan fingerprint density at radius 2 is 1.88 bits per heavy atom. The molecule has 0 aliphatic carbocycles. The average Bonchev–Trinajstić information content (AvgIpc) is 2.58. The molecule has 0 radical (unpaired) electrons. The quantitative estimate of drug-likeness (QED) is 0.740. The lowest BCUT2D eigenvalue weighted by Crippen LogP contribution is -2.30. The normalized spacial score (nSPS) is 11.6. The highest BCUT2D eigenvalue weighted by molar-refractivity contribution is 8.13. The lowest BCUT2D eigenvalue weighted by Gasteiger charge is -2.18. The van der Waals surface area contributed by atoms with Gasteiger partial charge in [-0.05, 0) is 61.5 Å². The monoisotopic (exact) mass is 392 g/mol. The fraction of sp³-hybridized carbons (Fsp3) is 0.263. The molecule has 1 N–H and O–H groups in total. The molecule has 0 fully saturated rings. The van der Waals surface area contributed by atoms with Gasteiger partial charge >= 0.3 is 0 Å². The Bertz CT molecular complexity index is 811. The van der Waals surface area contributed by atoms with Crippen molar-refractivity contribution in [1.82, 2.24) is 4.90 Å². The number of aryl methyl sites for hydroxylation is 1. The van der Waals surface area contributed by atoms with Crippen LogP contribution < -0.4 is 10.1 Å². The van der Waals surface area contributed by atoms with E-state index in [1.165, 1.54) is 4.90 Å². The van der Waals surface area contributed by atoms with Crippen molar-refractivity contribution in [2.75, 3.05) is 19.4 Å². The van der Waals surface area contributed by atoms with Crippen LogP contribution in [-0.2, 0) is 4.79 Å². The fourth-order valence-corrected chi connectivity index (χ4v) is 3.04. The van der Waals surface area contributed by atoms with Gasteiger partial charge in [-0.2, -0.15) is 0 Å². The Kier molecular flexibility index (Phi) is 6.94. The van der Waals surface area contributed by atoms with Crippen molar-refractivity contribution in [1.29, 1.82) is 0 Å². The number of benzene rings is 2. The fourth-order valence-electron chi connectivity index (χ4n) is 2.07. The van der Waals surface area contributed by atoms with E-state index in [2.05, 4.69) is 5.32 Å². The number of anilines is 1. The molecule has 26 heavy (non-hydrogen) atoms. The van der Waals surface area contributed by atoms with Gasteiger partial charge in [0.25, 0.3) is 11.1 Å².